The highest BCUT2D eigenvalue weighted by molar-refractivity contribution is 5.35. The van der Waals surface area contributed by atoms with Crippen LogP contribution < -0.4 is 5.32 Å². The highest BCUT2D eigenvalue weighted by Crippen LogP contribution is 2.28. The Morgan fingerprint density at radius 2 is 1.68 bits per heavy atom. The second-order valence-corrected chi connectivity index (χ2v) is 5.62. The smallest absolute Gasteiger partial charge is 0.108 e. The highest BCUT2D eigenvalue weighted by atomic mass is 16.5. The monoisotopic (exact) mass is 297 g/mol. The molecular formula is C20H27NO. The molecule has 0 aliphatic rings. The van der Waals surface area contributed by atoms with Crippen LogP contribution in [0.15, 0.2) is 54.6 Å². The van der Waals surface area contributed by atoms with Gasteiger partial charge in [0.15, 0.2) is 0 Å². The van der Waals surface area contributed by atoms with E-state index in [0.717, 1.165) is 19.7 Å². The Balaban J connectivity index is 2.02. The van der Waals surface area contributed by atoms with Gasteiger partial charge in [0.1, 0.15) is 6.10 Å². The average Bonchev–Trinajstić information content (AvgIpc) is 2.56. The van der Waals surface area contributed by atoms with E-state index in [4.69, 9.17) is 4.74 Å². The maximum atomic E-state index is 6.21. The van der Waals surface area contributed by atoms with Gasteiger partial charge in [0.25, 0.3) is 0 Å². The SMILES string of the molecule is CCCCNCCOC(c1ccccc1)c1ccccc1C. The summed E-state index contributed by atoms with van der Waals surface area (Å²) in [5.74, 6) is 0. The Hall–Kier alpha value is -1.64. The fraction of sp³-hybridized carbons (Fsp3) is 0.400. The number of hydrogen-bond acceptors (Lipinski definition) is 2. The molecule has 0 saturated carbocycles. The molecule has 22 heavy (non-hydrogen) atoms. The van der Waals surface area contributed by atoms with Crippen LogP contribution in [-0.2, 0) is 4.74 Å². The Labute approximate surface area is 134 Å². The van der Waals surface area contributed by atoms with Crippen molar-refractivity contribution in [1.29, 1.82) is 0 Å². The fourth-order valence-corrected chi connectivity index (χ4v) is 2.55. The molecule has 1 N–H and O–H groups in total. The first-order valence-electron chi connectivity index (χ1n) is 8.25. The minimum atomic E-state index is 0.00961. The lowest BCUT2D eigenvalue weighted by molar-refractivity contribution is 0.0817. The molecule has 0 aliphatic carbocycles. The van der Waals surface area contributed by atoms with Crippen molar-refractivity contribution in [3.8, 4) is 0 Å². The van der Waals surface area contributed by atoms with Gasteiger partial charge in [-0.3, -0.25) is 0 Å². The lowest BCUT2D eigenvalue weighted by Crippen LogP contribution is -2.22. The molecule has 118 valence electrons. The first-order valence-corrected chi connectivity index (χ1v) is 8.25. The van der Waals surface area contributed by atoms with Crippen LogP contribution in [0.25, 0.3) is 0 Å². The van der Waals surface area contributed by atoms with Gasteiger partial charge >= 0.3 is 0 Å². The molecule has 0 bridgehead atoms. The van der Waals surface area contributed by atoms with Gasteiger partial charge in [0.05, 0.1) is 6.61 Å². The Morgan fingerprint density at radius 3 is 2.41 bits per heavy atom. The standard InChI is InChI=1S/C20H27NO/c1-3-4-14-21-15-16-22-20(18-11-6-5-7-12-18)19-13-9-8-10-17(19)2/h5-13,20-21H,3-4,14-16H2,1-2H3. The zero-order chi connectivity index (χ0) is 15.6. The number of unbranched alkanes of at least 4 members (excludes halogenated alkanes) is 1. The molecule has 2 heteroatoms. The molecule has 1 unspecified atom stereocenters. The van der Waals surface area contributed by atoms with Gasteiger partial charge in [-0.1, -0.05) is 67.9 Å². The minimum absolute atomic E-state index is 0.00961. The zero-order valence-electron chi connectivity index (χ0n) is 13.7. The molecule has 2 aromatic carbocycles. The first-order chi connectivity index (χ1) is 10.8. The topological polar surface area (TPSA) is 21.3 Å². The van der Waals surface area contributed by atoms with Crippen molar-refractivity contribution in [2.75, 3.05) is 19.7 Å². The third kappa shape index (κ3) is 4.97. The van der Waals surface area contributed by atoms with Crippen LogP contribution in [-0.4, -0.2) is 19.7 Å². The van der Waals surface area contributed by atoms with E-state index >= 15 is 0 Å². The minimum Gasteiger partial charge on any atom is -0.367 e. The van der Waals surface area contributed by atoms with Gasteiger partial charge in [-0.15, -0.1) is 0 Å². The van der Waals surface area contributed by atoms with Gasteiger partial charge in [0.2, 0.25) is 0 Å². The van der Waals surface area contributed by atoms with E-state index in [2.05, 4.69) is 67.7 Å². The molecule has 2 aromatic rings. The van der Waals surface area contributed by atoms with E-state index in [1.54, 1.807) is 0 Å². The van der Waals surface area contributed by atoms with E-state index < -0.39 is 0 Å². The van der Waals surface area contributed by atoms with Crippen molar-refractivity contribution in [1.82, 2.24) is 5.32 Å². The van der Waals surface area contributed by atoms with Gasteiger partial charge in [-0.25, -0.2) is 0 Å². The van der Waals surface area contributed by atoms with Crippen LogP contribution >= 0.6 is 0 Å². The molecule has 0 amide bonds. The van der Waals surface area contributed by atoms with Gasteiger partial charge in [0, 0.05) is 6.54 Å². The lowest BCUT2D eigenvalue weighted by Gasteiger charge is -2.21. The summed E-state index contributed by atoms with van der Waals surface area (Å²) in [7, 11) is 0. The van der Waals surface area contributed by atoms with Crippen LogP contribution in [0.4, 0.5) is 0 Å². The quantitative estimate of drug-likeness (QED) is 0.689. The normalized spacial score (nSPS) is 12.3. The number of ether oxygens (including phenoxy) is 1. The molecule has 0 heterocycles. The van der Waals surface area contributed by atoms with Crippen LogP contribution in [0, 0.1) is 6.92 Å². The summed E-state index contributed by atoms with van der Waals surface area (Å²) in [6.45, 7) is 7.04. The molecular weight excluding hydrogens is 270 g/mol. The Bertz CT molecular complexity index is 538. The summed E-state index contributed by atoms with van der Waals surface area (Å²) in [6, 6.07) is 18.9. The van der Waals surface area contributed by atoms with Crippen LogP contribution in [0.3, 0.4) is 0 Å². The van der Waals surface area contributed by atoms with Crippen molar-refractivity contribution in [3.63, 3.8) is 0 Å². The second kappa shape index (κ2) is 9.39. The third-order valence-corrected chi connectivity index (χ3v) is 3.84. The Kier molecular flexibility index (Phi) is 7.14. The molecule has 0 aromatic heterocycles. The van der Waals surface area contributed by atoms with Gasteiger partial charge < -0.3 is 10.1 Å². The van der Waals surface area contributed by atoms with E-state index in [1.807, 2.05) is 6.07 Å². The predicted molar refractivity (Wildman–Crippen MR) is 93.2 cm³/mol. The van der Waals surface area contributed by atoms with Crippen molar-refractivity contribution in [3.05, 3.63) is 71.3 Å². The van der Waals surface area contributed by atoms with E-state index in [9.17, 15) is 0 Å². The molecule has 0 fully saturated rings. The average molecular weight is 297 g/mol. The summed E-state index contributed by atoms with van der Waals surface area (Å²) >= 11 is 0. The van der Waals surface area contributed by atoms with Gasteiger partial charge in [-0.2, -0.15) is 0 Å². The molecule has 0 radical (unpaired) electrons. The molecule has 1 atom stereocenters. The second-order valence-electron chi connectivity index (χ2n) is 5.62. The van der Waals surface area contributed by atoms with Gasteiger partial charge in [-0.05, 0) is 36.6 Å². The van der Waals surface area contributed by atoms with Crippen LogP contribution in [0.5, 0.6) is 0 Å². The maximum Gasteiger partial charge on any atom is 0.108 e. The molecule has 0 spiro atoms. The predicted octanol–water partition coefficient (Wildman–Crippen LogP) is 4.49. The number of rotatable bonds is 9. The number of nitrogens with one attached hydrogen (secondary N) is 1. The summed E-state index contributed by atoms with van der Waals surface area (Å²) in [6.07, 6.45) is 2.46. The number of benzene rings is 2. The third-order valence-electron chi connectivity index (χ3n) is 3.84. The maximum absolute atomic E-state index is 6.21. The lowest BCUT2D eigenvalue weighted by atomic mass is 9.97. The summed E-state index contributed by atoms with van der Waals surface area (Å²) in [5, 5.41) is 3.43. The number of hydrogen-bond donors (Lipinski definition) is 1. The molecule has 2 rings (SSSR count). The largest absolute Gasteiger partial charge is 0.367 e. The van der Waals surface area contributed by atoms with Crippen molar-refractivity contribution in [2.24, 2.45) is 0 Å². The summed E-state index contributed by atoms with van der Waals surface area (Å²) in [5.41, 5.74) is 3.74. The van der Waals surface area contributed by atoms with Crippen molar-refractivity contribution < 1.29 is 4.74 Å². The number of aryl methyl sites for hydroxylation is 1. The van der Waals surface area contributed by atoms with E-state index in [1.165, 1.54) is 29.5 Å². The van der Waals surface area contributed by atoms with E-state index in [0.29, 0.717) is 0 Å². The van der Waals surface area contributed by atoms with Crippen LogP contribution in [0.1, 0.15) is 42.6 Å². The van der Waals surface area contributed by atoms with E-state index in [-0.39, 0.29) is 6.10 Å². The molecule has 0 saturated heterocycles. The highest BCUT2D eigenvalue weighted by Gasteiger charge is 2.16. The van der Waals surface area contributed by atoms with Crippen LogP contribution in [0.2, 0.25) is 0 Å². The molecule has 0 aliphatic heterocycles. The summed E-state index contributed by atoms with van der Waals surface area (Å²) in [4.78, 5) is 0. The van der Waals surface area contributed by atoms with Crippen molar-refractivity contribution >= 4 is 0 Å². The Morgan fingerprint density at radius 1 is 0.955 bits per heavy atom. The first kappa shape index (κ1) is 16.7. The fourth-order valence-electron chi connectivity index (χ4n) is 2.55. The summed E-state index contributed by atoms with van der Waals surface area (Å²) < 4.78 is 6.21. The van der Waals surface area contributed by atoms with Crippen molar-refractivity contribution in [2.45, 2.75) is 32.8 Å². The zero-order valence-corrected chi connectivity index (χ0v) is 13.7. The molecule has 2 nitrogen and oxygen atoms in total.